The van der Waals surface area contributed by atoms with Crippen molar-refractivity contribution in [1.29, 1.82) is 0 Å². The van der Waals surface area contributed by atoms with Crippen molar-refractivity contribution in [2.45, 2.75) is 39.7 Å². The highest BCUT2D eigenvalue weighted by Gasteiger charge is 2.20. The summed E-state index contributed by atoms with van der Waals surface area (Å²) < 4.78 is 0. The number of nitrogens with one attached hydrogen (secondary N) is 2. The first-order chi connectivity index (χ1) is 9.91. The zero-order chi connectivity index (χ0) is 15.5. The lowest BCUT2D eigenvalue weighted by Gasteiger charge is -2.20. The molecule has 5 heteroatoms. The lowest BCUT2D eigenvalue weighted by molar-refractivity contribution is 0.546. The number of aromatic nitrogens is 3. The van der Waals surface area contributed by atoms with Crippen LogP contribution in [0.15, 0.2) is 24.5 Å². The van der Waals surface area contributed by atoms with Crippen LogP contribution in [0.5, 0.6) is 0 Å². The molecule has 21 heavy (non-hydrogen) atoms. The van der Waals surface area contributed by atoms with E-state index >= 15 is 0 Å². The Hall–Kier alpha value is -2.17. The van der Waals surface area contributed by atoms with Crippen molar-refractivity contribution in [2.75, 3.05) is 17.7 Å². The molecule has 0 amide bonds. The first-order valence-corrected chi connectivity index (χ1v) is 7.11. The van der Waals surface area contributed by atoms with Crippen LogP contribution < -0.4 is 10.6 Å². The van der Waals surface area contributed by atoms with Gasteiger partial charge in [-0.25, -0.2) is 9.97 Å². The van der Waals surface area contributed by atoms with Crippen molar-refractivity contribution in [3.8, 4) is 0 Å². The standard InChI is InChI=1S/C16H23N5/c1-11-13(17-5)20-15(16(2,3)4)21-14(11)19-10-12-7-6-8-18-9-12/h6-9H,10H2,1-5H3,(H2,17,19,20,21). The molecule has 2 aromatic heterocycles. The molecule has 2 N–H and O–H groups in total. The molecule has 2 rings (SSSR count). The summed E-state index contributed by atoms with van der Waals surface area (Å²) in [5.74, 6) is 2.55. The molecule has 0 spiro atoms. The third kappa shape index (κ3) is 3.68. The lowest BCUT2D eigenvalue weighted by Crippen LogP contribution is -2.19. The van der Waals surface area contributed by atoms with E-state index in [4.69, 9.17) is 0 Å². The monoisotopic (exact) mass is 285 g/mol. The van der Waals surface area contributed by atoms with E-state index in [1.807, 2.05) is 32.3 Å². The molecule has 112 valence electrons. The summed E-state index contributed by atoms with van der Waals surface area (Å²) in [6.45, 7) is 9.05. The van der Waals surface area contributed by atoms with Crippen molar-refractivity contribution >= 4 is 11.6 Å². The zero-order valence-corrected chi connectivity index (χ0v) is 13.4. The van der Waals surface area contributed by atoms with E-state index in [2.05, 4.69) is 46.4 Å². The van der Waals surface area contributed by atoms with Crippen molar-refractivity contribution < 1.29 is 0 Å². The Kier molecular flexibility index (Phi) is 4.40. The number of pyridine rings is 1. The van der Waals surface area contributed by atoms with Gasteiger partial charge in [0.2, 0.25) is 0 Å². The van der Waals surface area contributed by atoms with Crippen LogP contribution in [-0.4, -0.2) is 22.0 Å². The van der Waals surface area contributed by atoms with E-state index in [0.29, 0.717) is 6.54 Å². The van der Waals surface area contributed by atoms with Crippen LogP contribution in [0, 0.1) is 6.92 Å². The van der Waals surface area contributed by atoms with Crippen LogP contribution in [0.2, 0.25) is 0 Å². The van der Waals surface area contributed by atoms with Gasteiger partial charge in [-0.15, -0.1) is 0 Å². The molecule has 0 saturated heterocycles. The average molecular weight is 285 g/mol. The maximum absolute atomic E-state index is 4.68. The third-order valence-corrected chi connectivity index (χ3v) is 3.24. The summed E-state index contributed by atoms with van der Waals surface area (Å²) in [5.41, 5.74) is 2.05. The maximum Gasteiger partial charge on any atom is 0.138 e. The van der Waals surface area contributed by atoms with E-state index in [0.717, 1.165) is 28.6 Å². The fraction of sp³-hybridized carbons (Fsp3) is 0.438. The summed E-state index contributed by atoms with van der Waals surface area (Å²) >= 11 is 0. The molecule has 0 saturated carbocycles. The Morgan fingerprint density at radius 3 is 2.43 bits per heavy atom. The average Bonchev–Trinajstić information content (AvgIpc) is 2.46. The molecule has 0 radical (unpaired) electrons. The lowest BCUT2D eigenvalue weighted by atomic mass is 9.95. The van der Waals surface area contributed by atoms with Gasteiger partial charge in [-0.3, -0.25) is 4.98 Å². The largest absolute Gasteiger partial charge is 0.373 e. The van der Waals surface area contributed by atoms with Gasteiger partial charge in [-0.1, -0.05) is 26.8 Å². The molecular weight excluding hydrogens is 262 g/mol. The summed E-state index contributed by atoms with van der Waals surface area (Å²) in [4.78, 5) is 13.4. The quantitative estimate of drug-likeness (QED) is 0.903. The van der Waals surface area contributed by atoms with Gasteiger partial charge in [0.1, 0.15) is 17.5 Å². The molecular formula is C16H23N5. The van der Waals surface area contributed by atoms with E-state index in [-0.39, 0.29) is 5.41 Å². The van der Waals surface area contributed by atoms with E-state index in [1.54, 1.807) is 6.20 Å². The fourth-order valence-corrected chi connectivity index (χ4v) is 1.96. The smallest absolute Gasteiger partial charge is 0.138 e. The number of hydrogen-bond donors (Lipinski definition) is 2. The Labute approximate surface area is 126 Å². The third-order valence-electron chi connectivity index (χ3n) is 3.24. The Morgan fingerprint density at radius 1 is 1.14 bits per heavy atom. The highest BCUT2D eigenvalue weighted by atomic mass is 15.1. The second kappa shape index (κ2) is 6.08. The summed E-state index contributed by atoms with van der Waals surface area (Å²) in [6, 6.07) is 3.98. The molecule has 0 fully saturated rings. The Balaban J connectivity index is 2.29. The Morgan fingerprint density at radius 2 is 1.86 bits per heavy atom. The van der Waals surface area contributed by atoms with Crippen molar-refractivity contribution in [2.24, 2.45) is 0 Å². The zero-order valence-electron chi connectivity index (χ0n) is 13.4. The highest BCUT2D eigenvalue weighted by Crippen LogP contribution is 2.26. The molecule has 0 aliphatic rings. The van der Waals surface area contributed by atoms with Crippen LogP contribution in [-0.2, 0) is 12.0 Å². The van der Waals surface area contributed by atoms with Gasteiger partial charge < -0.3 is 10.6 Å². The summed E-state index contributed by atoms with van der Waals surface area (Å²) in [5, 5.41) is 6.53. The molecule has 0 unspecified atom stereocenters. The minimum Gasteiger partial charge on any atom is -0.373 e. The van der Waals surface area contributed by atoms with Crippen LogP contribution in [0.25, 0.3) is 0 Å². The molecule has 0 bridgehead atoms. The summed E-state index contributed by atoms with van der Waals surface area (Å²) in [7, 11) is 1.88. The van der Waals surface area contributed by atoms with E-state index < -0.39 is 0 Å². The second-order valence-electron chi connectivity index (χ2n) is 6.08. The van der Waals surface area contributed by atoms with Gasteiger partial charge in [-0.05, 0) is 18.6 Å². The maximum atomic E-state index is 4.68. The molecule has 5 nitrogen and oxygen atoms in total. The molecule has 0 aliphatic carbocycles. The minimum absolute atomic E-state index is 0.0932. The molecule has 0 aromatic carbocycles. The molecule has 2 aromatic rings. The van der Waals surface area contributed by atoms with E-state index in [1.165, 1.54) is 0 Å². The van der Waals surface area contributed by atoms with Crippen LogP contribution in [0.1, 0.15) is 37.7 Å². The molecule has 0 aliphatic heterocycles. The summed E-state index contributed by atoms with van der Waals surface area (Å²) in [6.07, 6.45) is 3.63. The normalized spacial score (nSPS) is 11.3. The molecule has 0 atom stereocenters. The van der Waals surface area contributed by atoms with Crippen LogP contribution in [0.4, 0.5) is 11.6 Å². The van der Waals surface area contributed by atoms with Crippen molar-refractivity contribution in [3.63, 3.8) is 0 Å². The first-order valence-electron chi connectivity index (χ1n) is 7.11. The number of anilines is 2. The topological polar surface area (TPSA) is 62.7 Å². The predicted octanol–water partition coefficient (Wildman–Crippen LogP) is 3.13. The highest BCUT2D eigenvalue weighted by molar-refractivity contribution is 5.57. The molecule has 2 heterocycles. The predicted molar refractivity (Wildman–Crippen MR) is 86.6 cm³/mol. The van der Waals surface area contributed by atoms with Crippen molar-refractivity contribution in [3.05, 3.63) is 41.5 Å². The number of hydrogen-bond acceptors (Lipinski definition) is 5. The van der Waals surface area contributed by atoms with E-state index in [9.17, 15) is 0 Å². The van der Waals surface area contributed by atoms with Gasteiger partial charge in [0.05, 0.1) is 0 Å². The van der Waals surface area contributed by atoms with Crippen LogP contribution in [0.3, 0.4) is 0 Å². The first kappa shape index (κ1) is 15.2. The number of rotatable bonds is 4. The SMILES string of the molecule is CNc1nc(C(C)(C)C)nc(NCc2cccnc2)c1C. The number of nitrogens with zero attached hydrogens (tertiary/aromatic N) is 3. The van der Waals surface area contributed by atoms with Crippen molar-refractivity contribution in [1.82, 2.24) is 15.0 Å². The van der Waals surface area contributed by atoms with Gasteiger partial charge in [0, 0.05) is 37.0 Å². The minimum atomic E-state index is -0.0932. The fourth-order valence-electron chi connectivity index (χ4n) is 1.96. The van der Waals surface area contributed by atoms with Gasteiger partial charge in [-0.2, -0.15) is 0 Å². The van der Waals surface area contributed by atoms with Gasteiger partial charge in [0.15, 0.2) is 0 Å². The second-order valence-corrected chi connectivity index (χ2v) is 6.08. The van der Waals surface area contributed by atoms with Gasteiger partial charge in [0.25, 0.3) is 0 Å². The Bertz CT molecular complexity index is 602. The van der Waals surface area contributed by atoms with Gasteiger partial charge >= 0.3 is 0 Å². The van der Waals surface area contributed by atoms with Crippen LogP contribution >= 0.6 is 0 Å².